The number of hydrogen-bond donors (Lipinski definition) is 3. The van der Waals surface area contributed by atoms with Crippen LogP contribution in [-0.4, -0.2) is 96.2 Å². The number of pyridine rings is 1. The summed E-state index contributed by atoms with van der Waals surface area (Å²) in [6, 6.07) is 6.34. The maximum atomic E-state index is 13.8. The van der Waals surface area contributed by atoms with Crippen molar-refractivity contribution in [2.75, 3.05) is 56.1 Å². The molecule has 2 aliphatic rings. The molecule has 2 saturated heterocycles. The fourth-order valence-electron chi connectivity index (χ4n) is 8.42. The molecule has 10 nitrogen and oxygen atoms in total. The third kappa shape index (κ3) is 11.6. The summed E-state index contributed by atoms with van der Waals surface area (Å²) in [6.45, 7) is 19.4. The zero-order chi connectivity index (χ0) is 44.9. The Morgan fingerprint density at radius 1 is 0.783 bits per heavy atom. The van der Waals surface area contributed by atoms with Gasteiger partial charge in [-0.15, -0.1) is 0 Å². The zero-order valence-electron chi connectivity index (χ0n) is 36.1. The molecule has 3 N–H and O–H groups in total. The molecule has 60 heavy (non-hydrogen) atoms. The van der Waals surface area contributed by atoms with Gasteiger partial charge in [0, 0.05) is 79.0 Å². The molecule has 1 aromatic heterocycles. The fourth-order valence-corrected chi connectivity index (χ4v) is 8.42. The number of halogens is 6. The predicted octanol–water partition coefficient (Wildman–Crippen LogP) is 8.58. The second-order valence-electron chi connectivity index (χ2n) is 16.2. The lowest BCUT2D eigenvalue weighted by atomic mass is 9.97. The quantitative estimate of drug-likeness (QED) is 0.165. The third-order valence-electron chi connectivity index (χ3n) is 11.9. The molecule has 16 heteroatoms. The van der Waals surface area contributed by atoms with E-state index in [1.807, 2.05) is 30.7 Å². The summed E-state index contributed by atoms with van der Waals surface area (Å²) >= 11 is 0. The number of carbonyl (C=O) groups is 2. The number of nitrogens with zero attached hydrogens (tertiary/aromatic N) is 4. The average molecular weight is 851 g/mol. The molecule has 2 fully saturated rings. The van der Waals surface area contributed by atoms with Crippen molar-refractivity contribution in [3.8, 4) is 0 Å². The molecular weight excluding hydrogens is 791 g/mol. The van der Waals surface area contributed by atoms with Crippen LogP contribution in [0.4, 0.5) is 37.7 Å². The van der Waals surface area contributed by atoms with Gasteiger partial charge in [0.2, 0.25) is 0 Å². The second-order valence-corrected chi connectivity index (χ2v) is 16.2. The number of alkyl halides is 6. The SMILES string of the molecule is CCN(c1cc(C(F)(F)F)cc(C(=O)NCc2c(C)cc(C)[nH]c2=O)c1C)C1CCN(C)CC1.CCN(c1cc(C(F)(F)F)cc(C(=O)O)c1C)C1CCN(C(C)C)CC1. The van der Waals surface area contributed by atoms with Crippen molar-refractivity contribution in [3.05, 3.63) is 90.9 Å². The second kappa shape index (κ2) is 19.9. The number of benzene rings is 2. The number of nitrogens with one attached hydrogen (secondary N) is 2. The molecule has 332 valence electrons. The molecule has 0 radical (unpaired) electrons. The maximum Gasteiger partial charge on any atom is 0.416 e. The number of aromatic amines is 1. The first kappa shape index (κ1) is 48.1. The van der Waals surface area contributed by atoms with Gasteiger partial charge in [0.15, 0.2) is 0 Å². The molecule has 0 saturated carbocycles. The molecule has 0 spiro atoms. The first-order chi connectivity index (χ1) is 28.0. The third-order valence-corrected chi connectivity index (χ3v) is 11.9. The Morgan fingerprint density at radius 3 is 1.65 bits per heavy atom. The van der Waals surface area contributed by atoms with Gasteiger partial charge in [-0.1, -0.05) is 0 Å². The van der Waals surface area contributed by atoms with Gasteiger partial charge in [0.05, 0.1) is 16.7 Å². The minimum atomic E-state index is -4.59. The Bertz CT molecular complexity index is 2030. The van der Waals surface area contributed by atoms with Crippen LogP contribution >= 0.6 is 0 Å². The first-order valence-electron chi connectivity index (χ1n) is 20.6. The van der Waals surface area contributed by atoms with Crippen molar-refractivity contribution < 1.29 is 41.0 Å². The van der Waals surface area contributed by atoms with Crippen LogP contribution in [0.2, 0.25) is 0 Å². The Labute approximate surface area is 348 Å². The van der Waals surface area contributed by atoms with Crippen molar-refractivity contribution in [2.24, 2.45) is 0 Å². The molecule has 2 aromatic carbocycles. The van der Waals surface area contributed by atoms with Gasteiger partial charge in [-0.05, 0) is 148 Å². The van der Waals surface area contributed by atoms with Crippen molar-refractivity contribution >= 4 is 23.3 Å². The molecule has 0 atom stereocenters. The zero-order valence-corrected chi connectivity index (χ0v) is 36.1. The normalized spacial score (nSPS) is 16.1. The highest BCUT2D eigenvalue weighted by Gasteiger charge is 2.36. The van der Waals surface area contributed by atoms with E-state index in [9.17, 15) is 45.8 Å². The summed E-state index contributed by atoms with van der Waals surface area (Å²) in [6.07, 6.45) is -5.77. The molecule has 5 rings (SSSR count). The lowest BCUT2D eigenvalue weighted by Gasteiger charge is -2.41. The van der Waals surface area contributed by atoms with Gasteiger partial charge in [-0.25, -0.2) is 4.79 Å². The number of carbonyl (C=O) groups excluding carboxylic acids is 1. The Balaban J connectivity index is 0.000000275. The van der Waals surface area contributed by atoms with E-state index >= 15 is 0 Å². The van der Waals surface area contributed by atoms with E-state index in [1.165, 1.54) is 0 Å². The molecule has 0 aliphatic carbocycles. The smallest absolute Gasteiger partial charge is 0.416 e. The number of piperidine rings is 2. The maximum absolute atomic E-state index is 13.8. The largest absolute Gasteiger partial charge is 0.478 e. The molecule has 0 bridgehead atoms. The summed E-state index contributed by atoms with van der Waals surface area (Å²) in [5.74, 6) is -1.97. The number of aromatic nitrogens is 1. The standard InChI is InChI=1S/C25H33F3N4O2.C19H27F3N2O2/c1-6-32(19-7-9-31(5)10-8-19)22-13-18(25(26,27)28)12-20(17(22)4)23(33)29-14-21-15(2)11-16(3)30-24(21)34;1-5-24(15-6-8-23(9-7-15)12(2)3)17-11-14(19(20,21)22)10-16(13(17)4)18(25)26/h11-13,19H,6-10,14H2,1-5H3,(H,29,33)(H,30,34);10-12,15H,5-9H2,1-4H3,(H,25,26). The lowest BCUT2D eigenvalue weighted by molar-refractivity contribution is -0.138. The molecule has 0 unspecified atom stereocenters. The van der Waals surface area contributed by atoms with Crippen LogP contribution in [0, 0.1) is 27.7 Å². The number of hydrogen-bond acceptors (Lipinski definition) is 7. The summed E-state index contributed by atoms with van der Waals surface area (Å²) in [5.41, 5.74) is 1.09. The van der Waals surface area contributed by atoms with Gasteiger partial charge < -0.3 is 35.0 Å². The molecular formula is C44H60F6N6O4. The molecule has 3 aromatic rings. The topological polar surface area (TPSA) is 112 Å². The van der Waals surface area contributed by atoms with Crippen molar-refractivity contribution in [2.45, 2.75) is 118 Å². The van der Waals surface area contributed by atoms with E-state index in [4.69, 9.17) is 0 Å². The highest BCUT2D eigenvalue weighted by molar-refractivity contribution is 5.97. The number of H-pyrrole nitrogens is 1. The summed E-state index contributed by atoms with van der Waals surface area (Å²) in [7, 11) is 2.03. The van der Waals surface area contributed by atoms with E-state index in [2.05, 4.69) is 33.9 Å². The molecule has 2 aliphatic heterocycles. The van der Waals surface area contributed by atoms with E-state index in [-0.39, 0.29) is 35.3 Å². The molecule has 1 amide bonds. The van der Waals surface area contributed by atoms with Gasteiger partial charge in [-0.3, -0.25) is 9.59 Å². The number of aryl methyl sites for hydroxylation is 2. The van der Waals surface area contributed by atoms with Gasteiger partial charge >= 0.3 is 18.3 Å². The van der Waals surface area contributed by atoms with Gasteiger partial charge in [0.1, 0.15) is 0 Å². The Hall–Kier alpha value is -4.57. The van der Waals surface area contributed by atoms with Crippen LogP contribution in [0.5, 0.6) is 0 Å². The first-order valence-corrected chi connectivity index (χ1v) is 20.6. The summed E-state index contributed by atoms with van der Waals surface area (Å²) < 4.78 is 81.2. The van der Waals surface area contributed by atoms with Crippen LogP contribution in [-0.2, 0) is 18.9 Å². The van der Waals surface area contributed by atoms with Crippen LogP contribution in [0.15, 0.2) is 35.1 Å². The Morgan fingerprint density at radius 2 is 1.23 bits per heavy atom. The summed E-state index contributed by atoms with van der Waals surface area (Å²) in [4.78, 5) is 48.0. The highest BCUT2D eigenvalue weighted by Crippen LogP contribution is 2.38. The fraction of sp³-hybridized carbons (Fsp3) is 0.568. The Kier molecular flexibility index (Phi) is 15.9. The van der Waals surface area contributed by atoms with Crippen LogP contribution in [0.3, 0.4) is 0 Å². The minimum Gasteiger partial charge on any atom is -0.478 e. The number of likely N-dealkylation sites (tertiary alicyclic amines) is 2. The van der Waals surface area contributed by atoms with Gasteiger partial charge in [-0.2, -0.15) is 26.3 Å². The summed E-state index contributed by atoms with van der Waals surface area (Å²) in [5, 5.41) is 12.0. The van der Waals surface area contributed by atoms with Crippen molar-refractivity contribution in [3.63, 3.8) is 0 Å². The number of rotatable bonds is 11. The van der Waals surface area contributed by atoms with E-state index in [1.54, 1.807) is 33.8 Å². The number of amides is 1. The van der Waals surface area contributed by atoms with E-state index < -0.39 is 35.4 Å². The van der Waals surface area contributed by atoms with Gasteiger partial charge in [0.25, 0.3) is 11.5 Å². The van der Waals surface area contributed by atoms with Crippen molar-refractivity contribution in [1.29, 1.82) is 0 Å². The molecule has 3 heterocycles. The number of carboxylic acid groups (broad SMARTS) is 1. The number of carboxylic acids is 1. The predicted molar refractivity (Wildman–Crippen MR) is 223 cm³/mol. The van der Waals surface area contributed by atoms with E-state index in [0.29, 0.717) is 58.5 Å². The minimum absolute atomic E-state index is 0.0302. The van der Waals surface area contributed by atoms with Crippen molar-refractivity contribution in [1.82, 2.24) is 20.1 Å². The number of aromatic carboxylic acids is 1. The van der Waals surface area contributed by atoms with Crippen LogP contribution in [0.25, 0.3) is 0 Å². The van der Waals surface area contributed by atoms with Crippen LogP contribution in [0.1, 0.15) is 113 Å². The average Bonchev–Trinajstić information content (AvgIpc) is 3.16. The van der Waals surface area contributed by atoms with E-state index in [0.717, 1.165) is 76.1 Å². The number of anilines is 2. The monoisotopic (exact) mass is 850 g/mol. The van der Waals surface area contributed by atoms with Crippen LogP contribution < -0.4 is 20.7 Å². The lowest BCUT2D eigenvalue weighted by Crippen LogP contribution is -2.47. The highest BCUT2D eigenvalue weighted by atomic mass is 19.4.